The maximum Gasteiger partial charge on any atom is 0.0531 e. The third-order valence-corrected chi connectivity index (χ3v) is 3.53. The van der Waals surface area contributed by atoms with Crippen molar-refractivity contribution in [3.05, 3.63) is 0 Å². The molecule has 0 aliphatic heterocycles. The molecule has 0 bridgehead atoms. The molecule has 0 aromatic heterocycles. The van der Waals surface area contributed by atoms with Gasteiger partial charge >= 0.3 is 0 Å². The molecule has 17 heavy (non-hydrogen) atoms. The van der Waals surface area contributed by atoms with Crippen LogP contribution in [0.25, 0.3) is 0 Å². The molecule has 0 rings (SSSR count). The second-order valence-corrected chi connectivity index (χ2v) is 5.74. The van der Waals surface area contributed by atoms with Gasteiger partial charge in [-0.3, -0.25) is 0 Å². The fraction of sp³-hybridized carbons (Fsp3) is 1.00. The van der Waals surface area contributed by atoms with Gasteiger partial charge < -0.3 is 9.64 Å². The molecule has 1 atom stereocenters. The molecule has 0 spiro atoms. The van der Waals surface area contributed by atoms with Crippen molar-refractivity contribution in [2.75, 3.05) is 33.4 Å². The first-order valence-electron chi connectivity index (χ1n) is 7.24. The van der Waals surface area contributed by atoms with Gasteiger partial charge in [-0.1, -0.05) is 41.0 Å². The summed E-state index contributed by atoms with van der Waals surface area (Å²) in [5.74, 6) is 0.743. The SMILES string of the molecule is CCCC(COC)(CC(C)C)CN(CC)CC. The lowest BCUT2D eigenvalue weighted by Gasteiger charge is -2.38. The van der Waals surface area contributed by atoms with Crippen molar-refractivity contribution in [3.8, 4) is 0 Å². The Kier molecular flexibility index (Phi) is 8.89. The minimum absolute atomic E-state index is 0.351. The van der Waals surface area contributed by atoms with E-state index in [1.807, 2.05) is 7.11 Å². The number of hydrogen-bond donors (Lipinski definition) is 0. The van der Waals surface area contributed by atoms with Crippen LogP contribution in [-0.4, -0.2) is 38.3 Å². The van der Waals surface area contributed by atoms with Gasteiger partial charge in [0, 0.05) is 19.1 Å². The van der Waals surface area contributed by atoms with Crippen LogP contribution in [0.4, 0.5) is 0 Å². The Labute approximate surface area is 109 Å². The van der Waals surface area contributed by atoms with E-state index >= 15 is 0 Å². The average molecular weight is 243 g/mol. The lowest BCUT2D eigenvalue weighted by Crippen LogP contribution is -2.41. The molecule has 0 aromatic rings. The van der Waals surface area contributed by atoms with E-state index in [2.05, 4.69) is 39.5 Å². The second-order valence-electron chi connectivity index (χ2n) is 5.74. The molecule has 0 aromatic carbocycles. The fourth-order valence-corrected chi connectivity index (χ4v) is 3.05. The van der Waals surface area contributed by atoms with Gasteiger partial charge in [-0.2, -0.15) is 0 Å². The average Bonchev–Trinajstić information content (AvgIpc) is 2.25. The lowest BCUT2D eigenvalue weighted by atomic mass is 9.76. The van der Waals surface area contributed by atoms with Gasteiger partial charge in [0.1, 0.15) is 0 Å². The van der Waals surface area contributed by atoms with Crippen molar-refractivity contribution >= 4 is 0 Å². The lowest BCUT2D eigenvalue weighted by molar-refractivity contribution is 0.0249. The fourth-order valence-electron chi connectivity index (χ4n) is 3.05. The molecule has 1 unspecified atom stereocenters. The van der Waals surface area contributed by atoms with Crippen LogP contribution in [0.2, 0.25) is 0 Å². The highest BCUT2D eigenvalue weighted by Crippen LogP contribution is 2.33. The van der Waals surface area contributed by atoms with Gasteiger partial charge in [0.15, 0.2) is 0 Å². The predicted molar refractivity (Wildman–Crippen MR) is 76.5 cm³/mol. The summed E-state index contributed by atoms with van der Waals surface area (Å²) in [4.78, 5) is 2.54. The van der Waals surface area contributed by atoms with Crippen LogP contribution in [0, 0.1) is 11.3 Å². The van der Waals surface area contributed by atoms with E-state index in [9.17, 15) is 0 Å². The quantitative estimate of drug-likeness (QED) is 0.578. The van der Waals surface area contributed by atoms with Crippen molar-refractivity contribution in [1.82, 2.24) is 4.90 Å². The van der Waals surface area contributed by atoms with Crippen molar-refractivity contribution in [2.45, 2.75) is 53.9 Å². The molecule has 2 nitrogen and oxygen atoms in total. The normalized spacial score (nSPS) is 15.5. The van der Waals surface area contributed by atoms with Gasteiger partial charge in [-0.15, -0.1) is 0 Å². The summed E-state index contributed by atoms with van der Waals surface area (Å²) >= 11 is 0. The van der Waals surface area contributed by atoms with Gasteiger partial charge in [-0.25, -0.2) is 0 Å². The predicted octanol–water partition coefficient (Wildman–Crippen LogP) is 3.81. The number of ether oxygens (including phenoxy) is 1. The first-order valence-corrected chi connectivity index (χ1v) is 7.24. The monoisotopic (exact) mass is 243 g/mol. The molecule has 0 N–H and O–H groups in total. The molecular formula is C15H33NO. The Bertz CT molecular complexity index is 170. The molecule has 0 fully saturated rings. The summed E-state index contributed by atoms with van der Waals surface area (Å²) in [6.45, 7) is 15.8. The maximum atomic E-state index is 5.52. The van der Waals surface area contributed by atoms with Crippen LogP contribution < -0.4 is 0 Å². The van der Waals surface area contributed by atoms with Crippen LogP contribution in [0.5, 0.6) is 0 Å². The summed E-state index contributed by atoms with van der Waals surface area (Å²) in [7, 11) is 1.84. The van der Waals surface area contributed by atoms with Gasteiger partial charge in [0.05, 0.1) is 6.61 Å². The Morgan fingerprint density at radius 3 is 2.06 bits per heavy atom. The van der Waals surface area contributed by atoms with Crippen LogP contribution in [0.3, 0.4) is 0 Å². The second kappa shape index (κ2) is 8.93. The van der Waals surface area contributed by atoms with E-state index in [0.717, 1.165) is 25.6 Å². The zero-order valence-electron chi connectivity index (χ0n) is 12.9. The molecule has 0 aliphatic carbocycles. The minimum Gasteiger partial charge on any atom is -0.384 e. The van der Waals surface area contributed by atoms with Gasteiger partial charge in [-0.05, 0) is 31.8 Å². The molecule has 0 radical (unpaired) electrons. The van der Waals surface area contributed by atoms with E-state index < -0.39 is 0 Å². The van der Waals surface area contributed by atoms with E-state index in [1.54, 1.807) is 0 Å². The molecular weight excluding hydrogens is 210 g/mol. The minimum atomic E-state index is 0.351. The summed E-state index contributed by atoms with van der Waals surface area (Å²) in [6.07, 6.45) is 3.79. The smallest absolute Gasteiger partial charge is 0.0531 e. The molecule has 0 saturated carbocycles. The largest absolute Gasteiger partial charge is 0.384 e. The van der Waals surface area contributed by atoms with Crippen LogP contribution in [0.15, 0.2) is 0 Å². The van der Waals surface area contributed by atoms with Crippen molar-refractivity contribution < 1.29 is 4.74 Å². The summed E-state index contributed by atoms with van der Waals surface area (Å²) < 4.78 is 5.52. The highest BCUT2D eigenvalue weighted by atomic mass is 16.5. The topological polar surface area (TPSA) is 12.5 Å². The van der Waals surface area contributed by atoms with E-state index in [4.69, 9.17) is 4.74 Å². The summed E-state index contributed by atoms with van der Waals surface area (Å²) in [5, 5.41) is 0. The zero-order chi connectivity index (χ0) is 13.3. The first kappa shape index (κ1) is 16.9. The van der Waals surface area contributed by atoms with Crippen molar-refractivity contribution in [1.29, 1.82) is 0 Å². The van der Waals surface area contributed by atoms with Gasteiger partial charge in [0.2, 0.25) is 0 Å². The standard InChI is InChI=1S/C15H33NO/c1-7-10-15(13-17-6,11-14(4)5)12-16(8-2)9-3/h14H,7-13H2,1-6H3. The third kappa shape index (κ3) is 6.42. The number of nitrogens with zero attached hydrogens (tertiary/aromatic N) is 1. The molecule has 2 heteroatoms. The summed E-state index contributed by atoms with van der Waals surface area (Å²) in [6, 6.07) is 0. The molecule has 0 saturated heterocycles. The van der Waals surface area contributed by atoms with Crippen LogP contribution in [-0.2, 0) is 4.74 Å². The third-order valence-electron chi connectivity index (χ3n) is 3.53. The maximum absolute atomic E-state index is 5.52. The molecule has 0 aliphatic rings. The highest BCUT2D eigenvalue weighted by molar-refractivity contribution is 4.83. The van der Waals surface area contributed by atoms with E-state index in [1.165, 1.54) is 25.8 Å². The van der Waals surface area contributed by atoms with Crippen molar-refractivity contribution in [2.24, 2.45) is 11.3 Å². The molecule has 0 heterocycles. The Hall–Kier alpha value is -0.0800. The Morgan fingerprint density at radius 2 is 1.71 bits per heavy atom. The van der Waals surface area contributed by atoms with Crippen molar-refractivity contribution in [3.63, 3.8) is 0 Å². The van der Waals surface area contributed by atoms with E-state index in [-0.39, 0.29) is 0 Å². The van der Waals surface area contributed by atoms with Crippen LogP contribution >= 0.6 is 0 Å². The Morgan fingerprint density at radius 1 is 1.12 bits per heavy atom. The first-order chi connectivity index (χ1) is 8.03. The van der Waals surface area contributed by atoms with Crippen LogP contribution in [0.1, 0.15) is 53.9 Å². The highest BCUT2D eigenvalue weighted by Gasteiger charge is 2.31. The zero-order valence-corrected chi connectivity index (χ0v) is 12.9. The molecule has 0 amide bonds. The Balaban J connectivity index is 4.73. The molecule has 104 valence electrons. The number of hydrogen-bond acceptors (Lipinski definition) is 2. The number of methoxy groups -OCH3 is 1. The van der Waals surface area contributed by atoms with E-state index in [0.29, 0.717) is 5.41 Å². The van der Waals surface area contributed by atoms with Gasteiger partial charge in [0.25, 0.3) is 0 Å². The number of rotatable bonds is 10. The summed E-state index contributed by atoms with van der Waals surface area (Å²) in [5.41, 5.74) is 0.351.